The van der Waals surface area contributed by atoms with Crippen LogP contribution in [0.4, 0.5) is 18.9 Å². The van der Waals surface area contributed by atoms with Crippen LogP contribution in [-0.2, 0) is 20.7 Å². The highest BCUT2D eigenvalue weighted by Gasteiger charge is 2.36. The van der Waals surface area contributed by atoms with Crippen molar-refractivity contribution in [2.24, 2.45) is 5.92 Å². The lowest BCUT2D eigenvalue weighted by Gasteiger charge is -2.20. The molecule has 0 aliphatic carbocycles. The molecule has 1 amide bonds. The molecule has 0 radical (unpaired) electrons. The molecule has 0 bridgehead atoms. The molecule has 0 aliphatic rings. The van der Waals surface area contributed by atoms with Crippen LogP contribution in [0, 0.1) is 5.92 Å². The lowest BCUT2D eigenvalue weighted by molar-refractivity contribution is -0.148. The minimum absolute atomic E-state index is 0.174. The minimum atomic E-state index is -4.55. The summed E-state index contributed by atoms with van der Waals surface area (Å²) in [5, 5.41) is 3.04. The predicted octanol–water partition coefficient (Wildman–Crippen LogP) is 6.80. The van der Waals surface area contributed by atoms with E-state index in [4.69, 9.17) is 27.9 Å². The summed E-state index contributed by atoms with van der Waals surface area (Å²) in [6, 6.07) is 10.4. The van der Waals surface area contributed by atoms with Gasteiger partial charge in [-0.1, -0.05) is 48.3 Å². The zero-order valence-corrected chi connectivity index (χ0v) is 19.2. The lowest BCUT2D eigenvalue weighted by Crippen LogP contribution is -2.26. The van der Waals surface area contributed by atoms with E-state index in [1.807, 2.05) is 6.92 Å². The first kappa shape index (κ1) is 26.0. The molecule has 4 nitrogen and oxygen atoms in total. The van der Waals surface area contributed by atoms with Crippen LogP contribution in [0.15, 0.2) is 42.5 Å². The van der Waals surface area contributed by atoms with Crippen molar-refractivity contribution >= 4 is 40.8 Å². The van der Waals surface area contributed by atoms with Gasteiger partial charge in [0, 0.05) is 5.02 Å². The second-order valence-corrected chi connectivity index (χ2v) is 8.13. The number of benzene rings is 2. The van der Waals surface area contributed by atoms with Crippen molar-refractivity contribution in [2.45, 2.75) is 45.2 Å². The summed E-state index contributed by atoms with van der Waals surface area (Å²) in [7, 11) is 0. The van der Waals surface area contributed by atoms with Gasteiger partial charge in [-0.3, -0.25) is 9.59 Å². The zero-order chi connectivity index (χ0) is 23.9. The van der Waals surface area contributed by atoms with E-state index in [2.05, 4.69) is 5.32 Å². The maximum Gasteiger partial charge on any atom is 0.390 e. The molecular weight excluding hydrogens is 466 g/mol. The fourth-order valence-corrected chi connectivity index (χ4v) is 3.53. The molecule has 0 spiro atoms. The Kier molecular flexibility index (Phi) is 9.40. The standard InChI is InChI=1S/C23H24Cl2F3NO3/c1-3-15(22(31)32-4-2)11-14-5-10-19(25)20(12-14)29-21(30)18(13-23(26,27)28)16-6-8-17(24)9-7-16/h5-10,12,15,18H,3-4,11,13H2,1-2H3,(H,29,30)/t15-,18-/m0/s1. The van der Waals surface area contributed by atoms with Gasteiger partial charge in [-0.2, -0.15) is 13.2 Å². The number of carbonyl (C=O) groups is 2. The highest BCUT2D eigenvalue weighted by atomic mass is 35.5. The fraction of sp³-hybridized carbons (Fsp3) is 0.391. The number of amides is 1. The molecule has 0 fully saturated rings. The van der Waals surface area contributed by atoms with Gasteiger partial charge in [0.25, 0.3) is 0 Å². The van der Waals surface area contributed by atoms with E-state index < -0.39 is 24.4 Å². The van der Waals surface area contributed by atoms with E-state index >= 15 is 0 Å². The number of hydrogen-bond donors (Lipinski definition) is 1. The van der Waals surface area contributed by atoms with Gasteiger partial charge in [0.15, 0.2) is 0 Å². The van der Waals surface area contributed by atoms with Crippen LogP contribution >= 0.6 is 23.2 Å². The molecule has 2 rings (SSSR count). The van der Waals surface area contributed by atoms with E-state index in [9.17, 15) is 22.8 Å². The average molecular weight is 490 g/mol. The smallest absolute Gasteiger partial charge is 0.390 e. The Morgan fingerprint density at radius 2 is 1.72 bits per heavy atom. The molecule has 0 saturated heterocycles. The maximum absolute atomic E-state index is 13.2. The van der Waals surface area contributed by atoms with Gasteiger partial charge in [-0.25, -0.2) is 0 Å². The number of anilines is 1. The molecule has 1 N–H and O–H groups in total. The van der Waals surface area contributed by atoms with E-state index in [0.717, 1.165) is 0 Å². The summed E-state index contributed by atoms with van der Waals surface area (Å²) < 4.78 is 44.5. The van der Waals surface area contributed by atoms with Gasteiger partial charge in [0.1, 0.15) is 0 Å². The molecule has 2 atom stereocenters. The third-order valence-electron chi connectivity index (χ3n) is 4.91. The van der Waals surface area contributed by atoms with Crippen LogP contribution < -0.4 is 5.32 Å². The van der Waals surface area contributed by atoms with Gasteiger partial charge >= 0.3 is 12.1 Å². The fourth-order valence-electron chi connectivity index (χ4n) is 3.24. The lowest BCUT2D eigenvalue weighted by atomic mass is 9.94. The van der Waals surface area contributed by atoms with Gasteiger partial charge in [0.2, 0.25) is 5.91 Å². The number of halogens is 5. The summed E-state index contributed by atoms with van der Waals surface area (Å²) in [6.45, 7) is 3.84. The summed E-state index contributed by atoms with van der Waals surface area (Å²) in [5.74, 6) is -3.04. The van der Waals surface area contributed by atoms with Crippen LogP contribution in [0.3, 0.4) is 0 Å². The summed E-state index contributed by atoms with van der Waals surface area (Å²) >= 11 is 12.0. The first-order valence-corrected chi connectivity index (χ1v) is 10.9. The molecule has 0 saturated carbocycles. The number of hydrogen-bond acceptors (Lipinski definition) is 3. The van der Waals surface area contributed by atoms with Crippen molar-refractivity contribution in [1.29, 1.82) is 0 Å². The van der Waals surface area contributed by atoms with E-state index in [1.165, 1.54) is 30.3 Å². The highest BCUT2D eigenvalue weighted by Crippen LogP contribution is 2.34. The van der Waals surface area contributed by atoms with E-state index in [1.54, 1.807) is 19.1 Å². The number of alkyl halides is 3. The van der Waals surface area contributed by atoms with Crippen molar-refractivity contribution in [3.8, 4) is 0 Å². The first-order chi connectivity index (χ1) is 15.0. The molecule has 2 aromatic carbocycles. The molecule has 0 heterocycles. The molecule has 0 aromatic heterocycles. The van der Waals surface area contributed by atoms with Crippen LogP contribution in [-0.4, -0.2) is 24.7 Å². The summed E-state index contributed by atoms with van der Waals surface area (Å²) in [4.78, 5) is 24.9. The quantitative estimate of drug-likeness (QED) is 0.394. The number of nitrogens with one attached hydrogen (secondary N) is 1. The summed E-state index contributed by atoms with van der Waals surface area (Å²) in [5.41, 5.74) is 1.06. The van der Waals surface area contributed by atoms with E-state index in [0.29, 0.717) is 23.4 Å². The Labute approximate surface area is 195 Å². The second-order valence-electron chi connectivity index (χ2n) is 7.29. The van der Waals surface area contributed by atoms with Gasteiger partial charge in [-0.15, -0.1) is 0 Å². The number of rotatable bonds is 9. The molecule has 32 heavy (non-hydrogen) atoms. The molecule has 0 unspecified atom stereocenters. The Morgan fingerprint density at radius 3 is 2.28 bits per heavy atom. The highest BCUT2D eigenvalue weighted by molar-refractivity contribution is 6.33. The molecule has 174 valence electrons. The Balaban J connectivity index is 2.26. The van der Waals surface area contributed by atoms with E-state index in [-0.39, 0.29) is 34.8 Å². The monoisotopic (exact) mass is 489 g/mol. The van der Waals surface area contributed by atoms with Crippen molar-refractivity contribution in [1.82, 2.24) is 0 Å². The molecule has 2 aromatic rings. The third kappa shape index (κ3) is 7.71. The minimum Gasteiger partial charge on any atom is -0.466 e. The Bertz CT molecular complexity index is 933. The normalized spacial score (nSPS) is 13.3. The molecule has 9 heteroatoms. The Morgan fingerprint density at radius 1 is 1.06 bits per heavy atom. The third-order valence-corrected chi connectivity index (χ3v) is 5.49. The van der Waals surface area contributed by atoms with Crippen molar-refractivity contribution < 1.29 is 27.5 Å². The van der Waals surface area contributed by atoms with Gasteiger partial charge in [-0.05, 0) is 55.2 Å². The first-order valence-electron chi connectivity index (χ1n) is 10.1. The number of ether oxygens (including phenoxy) is 1. The van der Waals surface area contributed by atoms with Gasteiger partial charge < -0.3 is 10.1 Å². The summed E-state index contributed by atoms with van der Waals surface area (Å²) in [6.07, 6.45) is -4.99. The van der Waals surface area contributed by atoms with Crippen LogP contribution in [0.2, 0.25) is 10.0 Å². The topological polar surface area (TPSA) is 55.4 Å². The average Bonchev–Trinajstić information content (AvgIpc) is 2.72. The molecular formula is C23H24Cl2F3NO3. The number of esters is 1. The SMILES string of the molecule is CCOC(=O)[C@@H](CC)Cc1ccc(Cl)c(NC(=O)[C@@H](CC(F)(F)F)c2ccc(Cl)cc2)c1. The van der Waals surface area contributed by atoms with Crippen molar-refractivity contribution in [3.63, 3.8) is 0 Å². The molecule has 0 aliphatic heterocycles. The second kappa shape index (κ2) is 11.6. The predicted molar refractivity (Wildman–Crippen MR) is 119 cm³/mol. The van der Waals surface area contributed by atoms with Crippen molar-refractivity contribution in [3.05, 3.63) is 63.6 Å². The number of carbonyl (C=O) groups excluding carboxylic acids is 2. The van der Waals surface area contributed by atoms with Gasteiger partial charge in [0.05, 0.1) is 35.6 Å². The van der Waals surface area contributed by atoms with Crippen LogP contribution in [0.25, 0.3) is 0 Å². The van der Waals surface area contributed by atoms with Crippen molar-refractivity contribution in [2.75, 3.05) is 11.9 Å². The van der Waals surface area contributed by atoms with Crippen LogP contribution in [0.5, 0.6) is 0 Å². The van der Waals surface area contributed by atoms with Crippen LogP contribution in [0.1, 0.15) is 43.7 Å². The largest absolute Gasteiger partial charge is 0.466 e. The zero-order valence-electron chi connectivity index (χ0n) is 17.6. The maximum atomic E-state index is 13.2. The Hall–Kier alpha value is -2.25.